The maximum Gasteiger partial charge on any atom is 0.233 e. The molecule has 2 rings (SSSR count). The Morgan fingerprint density at radius 2 is 2.28 bits per heavy atom. The van der Waals surface area contributed by atoms with Crippen LogP contribution in [0.4, 0.5) is 4.39 Å². The summed E-state index contributed by atoms with van der Waals surface area (Å²) in [7, 11) is 1.60. The van der Waals surface area contributed by atoms with E-state index in [4.69, 9.17) is 11.6 Å². The van der Waals surface area contributed by atoms with E-state index in [2.05, 4.69) is 5.32 Å². The Morgan fingerprint density at radius 3 is 2.83 bits per heavy atom. The lowest BCUT2D eigenvalue weighted by Gasteiger charge is -2.21. The van der Waals surface area contributed by atoms with Crippen LogP contribution in [0, 0.1) is 5.82 Å². The molecule has 1 saturated carbocycles. The van der Waals surface area contributed by atoms with Gasteiger partial charge in [-0.25, -0.2) is 4.39 Å². The molecule has 1 fully saturated rings. The van der Waals surface area contributed by atoms with Crippen molar-refractivity contribution >= 4 is 17.5 Å². The molecule has 0 spiro atoms. The van der Waals surface area contributed by atoms with Crippen LogP contribution >= 0.6 is 11.6 Å². The number of nitrogens with one attached hydrogen (secondary N) is 1. The van der Waals surface area contributed by atoms with Gasteiger partial charge in [0, 0.05) is 30.2 Å². The van der Waals surface area contributed by atoms with Crippen LogP contribution in [-0.2, 0) is 11.3 Å². The van der Waals surface area contributed by atoms with Gasteiger partial charge in [0.1, 0.15) is 5.82 Å². The molecule has 1 amide bonds. The highest BCUT2D eigenvalue weighted by molar-refractivity contribution is 6.31. The van der Waals surface area contributed by atoms with Crippen LogP contribution in [0.5, 0.6) is 0 Å². The Kier molecular flexibility index (Phi) is 4.19. The summed E-state index contributed by atoms with van der Waals surface area (Å²) >= 11 is 6.00. The summed E-state index contributed by atoms with van der Waals surface area (Å²) in [5.74, 6) is -0.376. The third-order valence-electron chi connectivity index (χ3n) is 3.11. The van der Waals surface area contributed by atoms with Crippen LogP contribution in [0.3, 0.4) is 0 Å². The molecule has 5 heteroatoms. The van der Waals surface area contributed by atoms with Gasteiger partial charge in [0.15, 0.2) is 0 Å². The third kappa shape index (κ3) is 3.21. The van der Waals surface area contributed by atoms with Crippen molar-refractivity contribution in [1.82, 2.24) is 10.2 Å². The third-order valence-corrected chi connectivity index (χ3v) is 3.47. The molecule has 0 bridgehead atoms. The first-order chi connectivity index (χ1) is 8.61. The fraction of sp³-hybridized carbons (Fsp3) is 0.462. The molecule has 1 aliphatic carbocycles. The predicted octanol–water partition coefficient (Wildman–Crippen LogP) is 2.19. The van der Waals surface area contributed by atoms with Crippen molar-refractivity contribution in [2.45, 2.75) is 25.4 Å². The van der Waals surface area contributed by atoms with E-state index >= 15 is 0 Å². The van der Waals surface area contributed by atoms with Crippen LogP contribution in [0.25, 0.3) is 0 Å². The van der Waals surface area contributed by atoms with E-state index in [1.165, 1.54) is 6.07 Å². The van der Waals surface area contributed by atoms with E-state index < -0.39 is 0 Å². The summed E-state index contributed by atoms with van der Waals surface area (Å²) in [6, 6.07) is 5.02. The van der Waals surface area contributed by atoms with Gasteiger partial charge in [0.25, 0.3) is 0 Å². The van der Waals surface area contributed by atoms with Crippen molar-refractivity contribution in [1.29, 1.82) is 0 Å². The summed E-state index contributed by atoms with van der Waals surface area (Å²) in [6.07, 6.45) is 2.12. The molecule has 0 atom stereocenters. The molecule has 1 aliphatic rings. The molecular weight excluding hydrogens is 255 g/mol. The van der Waals surface area contributed by atoms with E-state index in [0.717, 1.165) is 12.8 Å². The first-order valence-corrected chi connectivity index (χ1v) is 6.37. The van der Waals surface area contributed by atoms with Crippen molar-refractivity contribution in [3.63, 3.8) is 0 Å². The van der Waals surface area contributed by atoms with Crippen molar-refractivity contribution in [3.8, 4) is 0 Å². The molecule has 18 heavy (non-hydrogen) atoms. The van der Waals surface area contributed by atoms with Gasteiger partial charge in [-0.3, -0.25) is 9.69 Å². The minimum absolute atomic E-state index is 0.0608. The summed E-state index contributed by atoms with van der Waals surface area (Å²) < 4.78 is 13.7. The van der Waals surface area contributed by atoms with Gasteiger partial charge in [0.05, 0.1) is 6.54 Å². The average Bonchev–Trinajstić information content (AvgIpc) is 3.16. The molecule has 0 heterocycles. The number of carbonyl (C=O) groups is 1. The van der Waals surface area contributed by atoms with E-state index in [-0.39, 0.29) is 18.3 Å². The number of halogens is 2. The van der Waals surface area contributed by atoms with Gasteiger partial charge in [-0.05, 0) is 25.0 Å². The summed E-state index contributed by atoms with van der Waals surface area (Å²) in [4.78, 5) is 13.4. The quantitative estimate of drug-likeness (QED) is 0.890. The summed E-state index contributed by atoms with van der Waals surface area (Å²) in [5.41, 5.74) is 0.468. The molecule has 3 nitrogen and oxygen atoms in total. The molecule has 0 aliphatic heterocycles. The maximum atomic E-state index is 13.7. The Balaban J connectivity index is 2.11. The zero-order valence-corrected chi connectivity index (χ0v) is 11.0. The molecule has 0 aromatic heterocycles. The van der Waals surface area contributed by atoms with Crippen molar-refractivity contribution in [2.24, 2.45) is 0 Å². The number of rotatable bonds is 5. The number of nitrogens with zero attached hydrogens (tertiary/aromatic N) is 1. The van der Waals surface area contributed by atoms with E-state index in [1.807, 2.05) is 4.90 Å². The zero-order valence-electron chi connectivity index (χ0n) is 10.2. The summed E-state index contributed by atoms with van der Waals surface area (Å²) in [6.45, 7) is 0.662. The number of likely N-dealkylation sites (N-methyl/N-ethyl adjacent to an activating group) is 1. The van der Waals surface area contributed by atoms with Gasteiger partial charge < -0.3 is 5.32 Å². The number of carbonyl (C=O) groups excluding carboxylic acids is 1. The van der Waals surface area contributed by atoms with Crippen LogP contribution < -0.4 is 5.32 Å². The van der Waals surface area contributed by atoms with Gasteiger partial charge in [-0.2, -0.15) is 0 Å². The van der Waals surface area contributed by atoms with Gasteiger partial charge in [-0.1, -0.05) is 17.7 Å². The molecule has 0 unspecified atom stereocenters. The lowest BCUT2D eigenvalue weighted by Crippen LogP contribution is -2.36. The number of hydrogen-bond acceptors (Lipinski definition) is 2. The average molecular weight is 271 g/mol. The fourth-order valence-electron chi connectivity index (χ4n) is 1.90. The van der Waals surface area contributed by atoms with Crippen molar-refractivity contribution < 1.29 is 9.18 Å². The molecule has 1 N–H and O–H groups in total. The fourth-order valence-corrected chi connectivity index (χ4v) is 2.13. The number of benzene rings is 1. The molecule has 1 aromatic carbocycles. The van der Waals surface area contributed by atoms with Gasteiger partial charge in [0.2, 0.25) is 5.91 Å². The Bertz CT molecular complexity index is 428. The second-order valence-corrected chi connectivity index (χ2v) is 4.92. The Labute approximate surface area is 111 Å². The second-order valence-electron chi connectivity index (χ2n) is 4.51. The Hall–Kier alpha value is -1.13. The number of amides is 1. The molecular formula is C13H16ClFN2O. The first kappa shape index (κ1) is 13.3. The second kappa shape index (κ2) is 5.67. The SMILES string of the molecule is CNC(=O)CN(Cc1c(F)cccc1Cl)C1CC1. The minimum Gasteiger partial charge on any atom is -0.358 e. The molecule has 0 radical (unpaired) electrons. The lowest BCUT2D eigenvalue weighted by atomic mass is 10.2. The monoisotopic (exact) mass is 270 g/mol. The largest absolute Gasteiger partial charge is 0.358 e. The van der Waals surface area contributed by atoms with Crippen molar-refractivity contribution in [3.05, 3.63) is 34.6 Å². The molecule has 98 valence electrons. The lowest BCUT2D eigenvalue weighted by molar-refractivity contribution is -0.122. The van der Waals surface area contributed by atoms with E-state index in [9.17, 15) is 9.18 Å². The first-order valence-electron chi connectivity index (χ1n) is 5.99. The summed E-state index contributed by atoms with van der Waals surface area (Å²) in [5, 5.41) is 3.00. The van der Waals surface area contributed by atoms with E-state index in [0.29, 0.717) is 23.2 Å². The van der Waals surface area contributed by atoms with Crippen LogP contribution in [0.2, 0.25) is 5.02 Å². The van der Waals surface area contributed by atoms with Crippen molar-refractivity contribution in [2.75, 3.05) is 13.6 Å². The zero-order chi connectivity index (χ0) is 13.1. The minimum atomic E-state index is -0.315. The highest BCUT2D eigenvalue weighted by Gasteiger charge is 2.31. The normalized spacial score (nSPS) is 14.9. The highest BCUT2D eigenvalue weighted by atomic mass is 35.5. The van der Waals surface area contributed by atoms with Crippen LogP contribution in [-0.4, -0.2) is 30.4 Å². The molecule has 1 aromatic rings. The Morgan fingerprint density at radius 1 is 1.56 bits per heavy atom. The smallest absolute Gasteiger partial charge is 0.233 e. The van der Waals surface area contributed by atoms with E-state index in [1.54, 1.807) is 19.2 Å². The topological polar surface area (TPSA) is 32.3 Å². The van der Waals surface area contributed by atoms with Gasteiger partial charge in [-0.15, -0.1) is 0 Å². The van der Waals surface area contributed by atoms with Gasteiger partial charge >= 0.3 is 0 Å². The van der Waals surface area contributed by atoms with Crippen LogP contribution in [0.1, 0.15) is 18.4 Å². The molecule has 0 saturated heterocycles. The maximum absolute atomic E-state index is 13.7. The van der Waals surface area contributed by atoms with Crippen LogP contribution in [0.15, 0.2) is 18.2 Å². The standard InChI is InChI=1S/C13H16ClFN2O/c1-16-13(18)8-17(9-5-6-9)7-10-11(14)3-2-4-12(10)15/h2-4,9H,5-8H2,1H3,(H,16,18). The highest BCUT2D eigenvalue weighted by Crippen LogP contribution is 2.30. The number of hydrogen-bond donors (Lipinski definition) is 1. The predicted molar refractivity (Wildman–Crippen MR) is 68.9 cm³/mol.